The molecule has 8 heteroatoms. The lowest BCUT2D eigenvalue weighted by atomic mass is 10.1. The topological polar surface area (TPSA) is 50.8 Å². The molecule has 1 saturated heterocycles. The van der Waals surface area contributed by atoms with Gasteiger partial charge in [-0.25, -0.2) is 8.78 Å². The number of nitrogens with one attached hydrogen (secondary N) is 1. The summed E-state index contributed by atoms with van der Waals surface area (Å²) in [5.41, 5.74) is 1.18. The standard InChI is InChI=1S/C22H25BrF2N2O3/c1-13-11-27(12-14(2)29-13)20-6-4-16(8-19(20)25)10-26-22(28)15(3)30-21-7-5-17(24)9-18(21)23/h4-9,13-15H,10-12H2,1-3H3,(H,26,28). The number of carbonyl (C=O) groups is 1. The van der Waals surface area contributed by atoms with Crippen molar-refractivity contribution in [2.75, 3.05) is 18.0 Å². The van der Waals surface area contributed by atoms with E-state index in [0.717, 1.165) is 0 Å². The Morgan fingerprint density at radius 2 is 1.93 bits per heavy atom. The predicted molar refractivity (Wildman–Crippen MR) is 115 cm³/mol. The number of hydrogen-bond acceptors (Lipinski definition) is 4. The lowest BCUT2D eigenvalue weighted by Crippen LogP contribution is -2.45. The Morgan fingerprint density at radius 3 is 2.57 bits per heavy atom. The Balaban J connectivity index is 1.57. The molecule has 0 spiro atoms. The molecule has 1 amide bonds. The lowest BCUT2D eigenvalue weighted by molar-refractivity contribution is -0.127. The second-order valence-corrected chi connectivity index (χ2v) is 8.36. The van der Waals surface area contributed by atoms with Gasteiger partial charge >= 0.3 is 0 Å². The molecule has 3 atom stereocenters. The van der Waals surface area contributed by atoms with Gasteiger partial charge in [0.2, 0.25) is 0 Å². The summed E-state index contributed by atoms with van der Waals surface area (Å²) in [6.45, 7) is 6.96. The number of rotatable bonds is 6. The van der Waals surface area contributed by atoms with Crippen molar-refractivity contribution >= 4 is 27.5 Å². The van der Waals surface area contributed by atoms with Crippen LogP contribution in [0.5, 0.6) is 5.75 Å². The number of ether oxygens (including phenoxy) is 2. The van der Waals surface area contributed by atoms with Crippen LogP contribution in [0.3, 0.4) is 0 Å². The Morgan fingerprint density at radius 1 is 1.23 bits per heavy atom. The van der Waals surface area contributed by atoms with E-state index in [0.29, 0.717) is 34.6 Å². The average Bonchev–Trinajstić information content (AvgIpc) is 2.67. The zero-order chi connectivity index (χ0) is 21.8. The summed E-state index contributed by atoms with van der Waals surface area (Å²) >= 11 is 3.21. The van der Waals surface area contributed by atoms with Crippen LogP contribution in [0.25, 0.3) is 0 Å². The molecule has 0 aliphatic carbocycles. The molecule has 162 valence electrons. The molecular weight excluding hydrogens is 458 g/mol. The van der Waals surface area contributed by atoms with E-state index in [-0.39, 0.29) is 30.5 Å². The third-order valence-corrected chi connectivity index (χ3v) is 5.43. The number of nitrogens with zero attached hydrogens (tertiary/aromatic N) is 1. The van der Waals surface area contributed by atoms with Gasteiger partial charge in [0, 0.05) is 19.6 Å². The highest BCUT2D eigenvalue weighted by molar-refractivity contribution is 9.10. The van der Waals surface area contributed by atoms with Crippen LogP contribution >= 0.6 is 15.9 Å². The van der Waals surface area contributed by atoms with Crippen molar-refractivity contribution in [1.29, 1.82) is 0 Å². The second kappa shape index (κ2) is 9.75. The van der Waals surface area contributed by atoms with Gasteiger partial charge in [0.25, 0.3) is 5.91 Å². The fraction of sp³-hybridized carbons (Fsp3) is 0.409. The van der Waals surface area contributed by atoms with E-state index >= 15 is 0 Å². The highest BCUT2D eigenvalue weighted by atomic mass is 79.9. The van der Waals surface area contributed by atoms with E-state index in [9.17, 15) is 13.6 Å². The number of halogens is 3. The first kappa shape index (κ1) is 22.5. The van der Waals surface area contributed by atoms with E-state index in [4.69, 9.17) is 9.47 Å². The molecule has 3 rings (SSSR count). The normalized spacial score (nSPS) is 20.0. The number of amides is 1. The number of hydrogen-bond donors (Lipinski definition) is 1. The smallest absolute Gasteiger partial charge is 0.261 e. The van der Waals surface area contributed by atoms with Crippen LogP contribution in [-0.4, -0.2) is 37.3 Å². The van der Waals surface area contributed by atoms with E-state index in [1.165, 1.54) is 24.3 Å². The van der Waals surface area contributed by atoms with Crippen LogP contribution in [0.15, 0.2) is 40.9 Å². The first-order valence-corrected chi connectivity index (χ1v) is 10.6. The molecule has 0 aromatic heterocycles. The first-order chi connectivity index (χ1) is 14.2. The molecule has 0 bridgehead atoms. The van der Waals surface area contributed by atoms with Crippen LogP contribution in [0, 0.1) is 11.6 Å². The molecule has 2 aromatic carbocycles. The van der Waals surface area contributed by atoms with Crippen LogP contribution in [0.1, 0.15) is 26.3 Å². The first-order valence-electron chi connectivity index (χ1n) is 9.81. The van der Waals surface area contributed by atoms with Crippen molar-refractivity contribution in [3.8, 4) is 5.75 Å². The Bertz CT molecular complexity index is 902. The maximum Gasteiger partial charge on any atom is 0.261 e. The molecule has 30 heavy (non-hydrogen) atoms. The molecule has 1 aliphatic rings. The fourth-order valence-electron chi connectivity index (χ4n) is 3.44. The number of carbonyl (C=O) groups excluding carboxylic acids is 1. The Kier molecular flexibility index (Phi) is 7.31. The van der Waals surface area contributed by atoms with Crippen molar-refractivity contribution in [3.05, 3.63) is 58.1 Å². The predicted octanol–water partition coefficient (Wildman–Crippen LogP) is 4.42. The van der Waals surface area contributed by atoms with Crippen molar-refractivity contribution in [3.63, 3.8) is 0 Å². The highest BCUT2D eigenvalue weighted by Crippen LogP contribution is 2.27. The van der Waals surface area contributed by atoms with E-state index in [2.05, 4.69) is 21.2 Å². The third-order valence-electron chi connectivity index (χ3n) is 4.81. The summed E-state index contributed by atoms with van der Waals surface area (Å²) in [7, 11) is 0. The largest absolute Gasteiger partial charge is 0.480 e. The fourth-order valence-corrected chi connectivity index (χ4v) is 3.88. The minimum atomic E-state index is -0.799. The quantitative estimate of drug-likeness (QED) is 0.661. The maximum atomic E-state index is 14.7. The van der Waals surface area contributed by atoms with E-state index in [1.807, 2.05) is 18.7 Å². The Labute approximate surface area is 183 Å². The molecule has 1 heterocycles. The zero-order valence-electron chi connectivity index (χ0n) is 17.1. The van der Waals surface area contributed by atoms with Crippen LogP contribution in [-0.2, 0) is 16.1 Å². The number of benzene rings is 2. The molecular formula is C22H25BrF2N2O3. The van der Waals surface area contributed by atoms with Gasteiger partial charge in [-0.3, -0.25) is 4.79 Å². The molecule has 1 fully saturated rings. The van der Waals surface area contributed by atoms with Gasteiger partial charge in [-0.2, -0.15) is 0 Å². The lowest BCUT2D eigenvalue weighted by Gasteiger charge is -2.37. The van der Waals surface area contributed by atoms with Crippen LogP contribution in [0.2, 0.25) is 0 Å². The highest BCUT2D eigenvalue weighted by Gasteiger charge is 2.24. The van der Waals surface area contributed by atoms with Gasteiger partial charge in [-0.15, -0.1) is 0 Å². The van der Waals surface area contributed by atoms with Crippen molar-refractivity contribution in [2.24, 2.45) is 0 Å². The summed E-state index contributed by atoms with van der Waals surface area (Å²) in [6.07, 6.45) is -0.725. The molecule has 1 N–H and O–H groups in total. The Hall–Kier alpha value is -2.19. The summed E-state index contributed by atoms with van der Waals surface area (Å²) in [6, 6.07) is 8.93. The van der Waals surface area contributed by atoms with Gasteiger partial charge < -0.3 is 19.7 Å². The van der Waals surface area contributed by atoms with E-state index < -0.39 is 11.9 Å². The molecule has 3 unspecified atom stereocenters. The minimum absolute atomic E-state index is 0.0368. The summed E-state index contributed by atoms with van der Waals surface area (Å²) in [5, 5.41) is 2.74. The van der Waals surface area contributed by atoms with Crippen molar-refractivity contribution in [2.45, 2.75) is 45.6 Å². The number of anilines is 1. The van der Waals surface area contributed by atoms with Gasteiger partial charge in [0.1, 0.15) is 17.4 Å². The summed E-state index contributed by atoms with van der Waals surface area (Å²) in [4.78, 5) is 14.3. The van der Waals surface area contributed by atoms with Crippen molar-refractivity contribution in [1.82, 2.24) is 5.32 Å². The second-order valence-electron chi connectivity index (χ2n) is 7.50. The average molecular weight is 483 g/mol. The van der Waals surface area contributed by atoms with E-state index in [1.54, 1.807) is 19.1 Å². The third kappa shape index (κ3) is 5.70. The molecule has 1 aliphatic heterocycles. The monoisotopic (exact) mass is 482 g/mol. The summed E-state index contributed by atoms with van der Waals surface area (Å²) < 4.78 is 39.5. The zero-order valence-corrected chi connectivity index (χ0v) is 18.7. The summed E-state index contributed by atoms with van der Waals surface area (Å²) in [5.74, 6) is -0.727. The van der Waals surface area contributed by atoms with Gasteiger partial charge in [0.05, 0.1) is 22.4 Å². The van der Waals surface area contributed by atoms with Gasteiger partial charge in [-0.1, -0.05) is 6.07 Å². The van der Waals surface area contributed by atoms with Crippen LogP contribution < -0.4 is 15.0 Å². The SMILES string of the molecule is CC1CN(c2ccc(CNC(=O)C(C)Oc3ccc(F)cc3Br)cc2F)CC(C)O1. The molecule has 2 aromatic rings. The number of morpholine rings is 1. The van der Waals surface area contributed by atoms with Gasteiger partial charge in [-0.05, 0) is 72.6 Å². The molecule has 0 radical (unpaired) electrons. The minimum Gasteiger partial charge on any atom is -0.480 e. The maximum absolute atomic E-state index is 14.7. The van der Waals surface area contributed by atoms with Gasteiger partial charge in [0.15, 0.2) is 6.10 Å². The van der Waals surface area contributed by atoms with Crippen LogP contribution in [0.4, 0.5) is 14.5 Å². The molecule has 5 nitrogen and oxygen atoms in total. The van der Waals surface area contributed by atoms with Crippen molar-refractivity contribution < 1.29 is 23.0 Å². The molecule has 0 saturated carbocycles.